The summed E-state index contributed by atoms with van der Waals surface area (Å²) in [5.74, 6) is -0.970. The molecule has 1 aliphatic rings. The van der Waals surface area contributed by atoms with Gasteiger partial charge in [-0.15, -0.1) is 0 Å². The number of hydrogen-bond acceptors (Lipinski definition) is 8. The van der Waals surface area contributed by atoms with Crippen LogP contribution < -0.4 is 9.68 Å². The average molecular weight is 552 g/mol. The van der Waals surface area contributed by atoms with E-state index in [9.17, 15) is 18.8 Å². The van der Waals surface area contributed by atoms with E-state index in [0.29, 0.717) is 30.6 Å². The van der Waals surface area contributed by atoms with E-state index in [-0.39, 0.29) is 30.4 Å². The molecule has 0 atom stereocenters. The van der Waals surface area contributed by atoms with Crippen LogP contribution in [0.4, 0.5) is 4.39 Å². The Balaban J connectivity index is 1.30. The summed E-state index contributed by atoms with van der Waals surface area (Å²) in [6.45, 7) is 2.02. The number of thioether (sulfide) groups is 1. The SMILES string of the molecule is Cc1ccc(-c2cc(OC(=O)CCN3C(=O)C(=Cc4ccc(F)cc4)SC3=S)cc3sc(=O)oc23)cc1. The van der Waals surface area contributed by atoms with E-state index < -0.39 is 10.9 Å². The summed E-state index contributed by atoms with van der Waals surface area (Å²) in [6, 6.07) is 16.7. The van der Waals surface area contributed by atoms with Crippen LogP contribution in [0.25, 0.3) is 27.5 Å². The Hall–Kier alpha value is -3.60. The highest BCUT2D eigenvalue weighted by Gasteiger charge is 2.32. The Morgan fingerprint density at radius 3 is 2.57 bits per heavy atom. The number of nitrogens with zero attached hydrogens (tertiary/aromatic N) is 1. The minimum absolute atomic E-state index is 0.0519. The zero-order chi connectivity index (χ0) is 26.1. The number of benzene rings is 3. The lowest BCUT2D eigenvalue weighted by atomic mass is 10.0. The van der Waals surface area contributed by atoms with Gasteiger partial charge in [0, 0.05) is 18.2 Å². The Kier molecular flexibility index (Phi) is 7.05. The lowest BCUT2D eigenvalue weighted by molar-refractivity contribution is -0.134. The van der Waals surface area contributed by atoms with Crippen LogP contribution in [0, 0.1) is 12.7 Å². The van der Waals surface area contributed by atoms with Crippen molar-refractivity contribution >= 4 is 67.9 Å². The van der Waals surface area contributed by atoms with Crippen LogP contribution in [-0.2, 0) is 9.59 Å². The maximum Gasteiger partial charge on any atom is 0.396 e. The highest BCUT2D eigenvalue weighted by molar-refractivity contribution is 8.26. The molecular weight excluding hydrogens is 533 g/mol. The first kappa shape index (κ1) is 25.1. The summed E-state index contributed by atoms with van der Waals surface area (Å²) in [4.78, 5) is 38.7. The molecule has 0 unspecified atom stereocenters. The number of carbonyl (C=O) groups is 2. The zero-order valence-corrected chi connectivity index (χ0v) is 21.8. The van der Waals surface area contributed by atoms with Crippen molar-refractivity contribution in [2.45, 2.75) is 13.3 Å². The monoisotopic (exact) mass is 551 g/mol. The first-order valence-corrected chi connectivity index (χ1v) is 13.2. The summed E-state index contributed by atoms with van der Waals surface area (Å²) in [5.41, 5.74) is 3.64. The van der Waals surface area contributed by atoms with Crippen molar-refractivity contribution in [3.05, 3.63) is 92.2 Å². The van der Waals surface area contributed by atoms with Gasteiger partial charge in [-0.2, -0.15) is 0 Å². The molecule has 37 heavy (non-hydrogen) atoms. The standard InChI is InChI=1S/C27H18FNO5S3/c1-15-2-6-17(7-3-15)20-13-19(14-21-24(20)34-27(32)37-21)33-23(30)10-11-29-25(31)22(36-26(29)35)12-16-4-8-18(28)9-5-16/h2-9,12-14H,10-11H2,1H3. The van der Waals surface area contributed by atoms with Gasteiger partial charge in [0.25, 0.3) is 5.91 Å². The highest BCUT2D eigenvalue weighted by Crippen LogP contribution is 2.35. The second-order valence-corrected chi connectivity index (χ2v) is 10.9. The van der Waals surface area contributed by atoms with Gasteiger partial charge in [0.15, 0.2) is 5.58 Å². The minimum Gasteiger partial charge on any atom is -0.426 e. The molecular formula is C27H18FNO5S3. The van der Waals surface area contributed by atoms with Crippen LogP contribution in [-0.4, -0.2) is 27.6 Å². The van der Waals surface area contributed by atoms with E-state index in [1.165, 1.54) is 17.0 Å². The summed E-state index contributed by atoms with van der Waals surface area (Å²) in [7, 11) is 0. The van der Waals surface area contributed by atoms with Gasteiger partial charge >= 0.3 is 10.9 Å². The number of halogens is 1. The minimum atomic E-state index is -0.554. The quantitative estimate of drug-likeness (QED) is 0.123. The highest BCUT2D eigenvalue weighted by atomic mass is 32.2. The molecule has 5 rings (SSSR count). The van der Waals surface area contributed by atoms with Gasteiger partial charge in [-0.1, -0.05) is 77.3 Å². The molecule has 2 heterocycles. The molecule has 0 N–H and O–H groups in total. The number of esters is 1. The largest absolute Gasteiger partial charge is 0.426 e. The maximum absolute atomic E-state index is 13.2. The molecule has 10 heteroatoms. The van der Waals surface area contributed by atoms with Crippen molar-refractivity contribution in [2.75, 3.05) is 6.54 Å². The molecule has 3 aromatic carbocycles. The average Bonchev–Trinajstić information content (AvgIpc) is 3.37. The number of carbonyl (C=O) groups excluding carboxylic acids is 2. The number of thiocarbonyl (C=S) groups is 1. The Morgan fingerprint density at radius 1 is 1.11 bits per heavy atom. The van der Waals surface area contributed by atoms with Crippen molar-refractivity contribution in [1.82, 2.24) is 4.90 Å². The number of aryl methyl sites for hydroxylation is 1. The predicted molar refractivity (Wildman–Crippen MR) is 147 cm³/mol. The third-order valence-electron chi connectivity index (χ3n) is 5.58. The molecule has 0 spiro atoms. The predicted octanol–water partition coefficient (Wildman–Crippen LogP) is 6.17. The van der Waals surface area contributed by atoms with Crippen LogP contribution in [0.5, 0.6) is 5.75 Å². The van der Waals surface area contributed by atoms with E-state index in [0.717, 1.165) is 34.2 Å². The van der Waals surface area contributed by atoms with Crippen LogP contribution in [0.3, 0.4) is 0 Å². The van der Waals surface area contributed by atoms with E-state index in [1.54, 1.807) is 30.3 Å². The van der Waals surface area contributed by atoms with Gasteiger partial charge < -0.3 is 9.15 Å². The van der Waals surface area contributed by atoms with Crippen LogP contribution in [0.1, 0.15) is 17.5 Å². The third-order valence-corrected chi connectivity index (χ3v) is 7.73. The van der Waals surface area contributed by atoms with Gasteiger partial charge in [-0.3, -0.25) is 14.5 Å². The van der Waals surface area contributed by atoms with Crippen molar-refractivity contribution < 1.29 is 23.1 Å². The van der Waals surface area contributed by atoms with E-state index in [1.807, 2.05) is 31.2 Å². The molecule has 1 amide bonds. The van der Waals surface area contributed by atoms with Crippen molar-refractivity contribution in [2.24, 2.45) is 0 Å². The normalized spacial score (nSPS) is 14.6. The molecule has 1 aromatic heterocycles. The van der Waals surface area contributed by atoms with Gasteiger partial charge in [0.05, 0.1) is 16.0 Å². The Morgan fingerprint density at radius 2 is 1.84 bits per heavy atom. The van der Waals surface area contributed by atoms with E-state index >= 15 is 0 Å². The molecule has 0 radical (unpaired) electrons. The number of amides is 1. The third kappa shape index (κ3) is 5.56. The van der Waals surface area contributed by atoms with Gasteiger partial charge in [0.1, 0.15) is 15.9 Å². The van der Waals surface area contributed by atoms with Crippen molar-refractivity contribution in [3.63, 3.8) is 0 Å². The summed E-state index contributed by atoms with van der Waals surface area (Å²) in [5, 5.41) is 0. The summed E-state index contributed by atoms with van der Waals surface area (Å²) < 4.78 is 25.0. The van der Waals surface area contributed by atoms with Gasteiger partial charge in [0.2, 0.25) is 0 Å². The Bertz CT molecular complexity index is 1620. The molecule has 1 saturated heterocycles. The second-order valence-electron chi connectivity index (χ2n) is 8.23. The number of rotatable bonds is 6. The number of hydrogen-bond donors (Lipinski definition) is 0. The summed E-state index contributed by atoms with van der Waals surface area (Å²) >= 11 is 7.38. The lowest BCUT2D eigenvalue weighted by Gasteiger charge is -2.14. The van der Waals surface area contributed by atoms with Crippen LogP contribution in [0.15, 0.2) is 74.8 Å². The number of ether oxygens (including phenoxy) is 1. The van der Waals surface area contributed by atoms with Gasteiger partial charge in [-0.05, 0) is 42.3 Å². The first-order valence-electron chi connectivity index (χ1n) is 11.1. The molecule has 0 bridgehead atoms. The lowest BCUT2D eigenvalue weighted by Crippen LogP contribution is -2.31. The molecule has 186 valence electrons. The molecule has 1 fully saturated rings. The molecule has 0 aliphatic carbocycles. The van der Waals surface area contributed by atoms with Crippen LogP contribution >= 0.6 is 35.3 Å². The fourth-order valence-corrected chi connectivity index (χ4v) is 5.78. The molecule has 6 nitrogen and oxygen atoms in total. The smallest absolute Gasteiger partial charge is 0.396 e. The second kappa shape index (κ2) is 10.4. The zero-order valence-electron chi connectivity index (χ0n) is 19.4. The summed E-state index contributed by atoms with van der Waals surface area (Å²) in [6.07, 6.45) is 1.55. The fourth-order valence-electron chi connectivity index (χ4n) is 3.75. The Labute approximate surface area is 224 Å². The maximum atomic E-state index is 13.2. The molecule has 0 saturated carbocycles. The van der Waals surface area contributed by atoms with Crippen molar-refractivity contribution in [3.8, 4) is 16.9 Å². The van der Waals surface area contributed by atoms with E-state index in [2.05, 4.69) is 0 Å². The topological polar surface area (TPSA) is 76.8 Å². The van der Waals surface area contributed by atoms with Crippen LogP contribution in [0.2, 0.25) is 0 Å². The fraction of sp³-hybridized carbons (Fsp3) is 0.111. The molecule has 1 aliphatic heterocycles. The number of fused-ring (bicyclic) bond motifs is 1. The first-order chi connectivity index (χ1) is 17.8. The molecule has 4 aromatic rings. The van der Waals surface area contributed by atoms with E-state index in [4.69, 9.17) is 21.4 Å². The van der Waals surface area contributed by atoms with Gasteiger partial charge in [-0.25, -0.2) is 9.18 Å². The van der Waals surface area contributed by atoms with Crippen molar-refractivity contribution in [1.29, 1.82) is 0 Å².